The van der Waals surface area contributed by atoms with Crippen LogP contribution in [0.25, 0.3) is 11.3 Å². The van der Waals surface area contributed by atoms with Crippen LogP contribution >= 0.6 is 0 Å². The maximum atomic E-state index is 8.16. The summed E-state index contributed by atoms with van der Waals surface area (Å²) in [7, 11) is 0. The first-order valence-corrected chi connectivity index (χ1v) is 5.95. The zero-order chi connectivity index (χ0) is 14.0. The van der Waals surface area contributed by atoms with E-state index < -0.39 is 6.37 Å². The Morgan fingerprint density at radius 3 is 2.53 bits per heavy atom. The summed E-state index contributed by atoms with van der Waals surface area (Å²) in [6.45, 7) is 5.73. The molecule has 0 spiro atoms. The smallest absolute Gasteiger partial charge is 0.0704 e. The zero-order valence-electron chi connectivity index (χ0n) is 12.6. The third-order valence-electron chi connectivity index (χ3n) is 2.62. The van der Waals surface area contributed by atoms with Gasteiger partial charge in [-0.15, -0.1) is 0 Å². The normalized spacial score (nSPS) is 13.4. The van der Waals surface area contributed by atoms with E-state index in [1.165, 1.54) is 0 Å². The summed E-state index contributed by atoms with van der Waals surface area (Å²) in [5, 5.41) is 0. The molecular formula is C16H19N. The lowest BCUT2D eigenvalue weighted by Gasteiger charge is -2.10. The van der Waals surface area contributed by atoms with Crippen molar-refractivity contribution >= 4 is 0 Å². The van der Waals surface area contributed by atoms with Crippen LogP contribution in [0.5, 0.6) is 0 Å². The van der Waals surface area contributed by atoms with E-state index >= 15 is 0 Å². The molecule has 0 bridgehead atoms. The Bertz CT molecular complexity index is 562. The maximum Gasteiger partial charge on any atom is 0.0704 e. The first-order valence-electron chi connectivity index (χ1n) is 6.95. The Hall–Kier alpha value is -1.63. The Labute approximate surface area is 106 Å². The predicted molar refractivity (Wildman–Crippen MR) is 73.0 cm³/mol. The summed E-state index contributed by atoms with van der Waals surface area (Å²) in [6.07, 6.45) is 0.337. The number of rotatable bonds is 3. The second kappa shape index (κ2) is 5.13. The van der Waals surface area contributed by atoms with Crippen molar-refractivity contribution in [2.24, 2.45) is 5.92 Å². The van der Waals surface area contributed by atoms with Crippen molar-refractivity contribution in [3.63, 3.8) is 0 Å². The monoisotopic (exact) mass is 227 g/mol. The van der Waals surface area contributed by atoms with Crippen LogP contribution in [0, 0.1) is 12.8 Å². The molecule has 1 nitrogen and oxygen atoms in total. The summed E-state index contributed by atoms with van der Waals surface area (Å²) < 4.78 is 16.3. The molecule has 0 saturated carbocycles. The van der Waals surface area contributed by atoms with Crippen LogP contribution < -0.4 is 0 Å². The molecule has 0 amide bonds. The number of pyridine rings is 1. The standard InChI is InChI=1S/C16H19N/c1-12(2)9-15-11-17-16(10-13(15)3)14-7-5-4-6-8-14/h4-8,10-12H,9H2,1-3H3/i9D2. The second-order valence-electron chi connectivity index (χ2n) is 4.55. The molecule has 0 N–H and O–H groups in total. The number of hydrogen-bond acceptors (Lipinski definition) is 1. The Morgan fingerprint density at radius 2 is 1.94 bits per heavy atom. The van der Waals surface area contributed by atoms with Crippen LogP contribution in [-0.2, 0) is 6.37 Å². The van der Waals surface area contributed by atoms with E-state index in [-0.39, 0.29) is 5.92 Å². The van der Waals surface area contributed by atoms with Gasteiger partial charge in [0.1, 0.15) is 0 Å². The van der Waals surface area contributed by atoms with E-state index in [4.69, 9.17) is 2.74 Å². The topological polar surface area (TPSA) is 12.9 Å². The Kier molecular flexibility index (Phi) is 2.84. The van der Waals surface area contributed by atoms with Crippen LogP contribution in [0.15, 0.2) is 42.6 Å². The summed E-state index contributed by atoms with van der Waals surface area (Å²) in [5.41, 5.74) is 3.58. The molecule has 17 heavy (non-hydrogen) atoms. The van der Waals surface area contributed by atoms with Crippen LogP contribution in [0.3, 0.4) is 0 Å². The van der Waals surface area contributed by atoms with Crippen LogP contribution in [0.1, 0.15) is 27.7 Å². The summed E-state index contributed by atoms with van der Waals surface area (Å²) >= 11 is 0. The van der Waals surface area contributed by atoms with Gasteiger partial charge in [-0.05, 0) is 36.4 Å². The molecule has 1 aromatic carbocycles. The minimum Gasteiger partial charge on any atom is -0.256 e. The quantitative estimate of drug-likeness (QED) is 0.763. The molecule has 0 fully saturated rings. The number of hydrogen-bond donors (Lipinski definition) is 0. The van der Waals surface area contributed by atoms with Gasteiger partial charge >= 0.3 is 0 Å². The largest absolute Gasteiger partial charge is 0.256 e. The van der Waals surface area contributed by atoms with Crippen molar-refractivity contribution in [3.05, 3.63) is 53.7 Å². The van der Waals surface area contributed by atoms with Crippen molar-refractivity contribution in [2.45, 2.75) is 27.1 Å². The number of aromatic nitrogens is 1. The van der Waals surface area contributed by atoms with Gasteiger partial charge in [-0.2, -0.15) is 0 Å². The van der Waals surface area contributed by atoms with E-state index in [2.05, 4.69) is 4.98 Å². The van der Waals surface area contributed by atoms with Gasteiger partial charge in [0.15, 0.2) is 0 Å². The van der Waals surface area contributed by atoms with Gasteiger partial charge in [-0.1, -0.05) is 44.2 Å². The third kappa shape index (κ3) is 2.94. The van der Waals surface area contributed by atoms with E-state index in [0.717, 1.165) is 16.8 Å². The molecule has 1 aromatic heterocycles. The van der Waals surface area contributed by atoms with Crippen LogP contribution in [0.4, 0.5) is 0 Å². The molecule has 0 saturated heterocycles. The van der Waals surface area contributed by atoms with E-state index in [9.17, 15) is 0 Å². The van der Waals surface area contributed by atoms with Crippen molar-refractivity contribution in [3.8, 4) is 11.3 Å². The van der Waals surface area contributed by atoms with Gasteiger partial charge in [-0.3, -0.25) is 4.98 Å². The third-order valence-corrected chi connectivity index (χ3v) is 2.62. The SMILES string of the molecule is [2H]C([2H])(c1cnc(-c2ccccc2)cc1C)C(C)C. The first-order chi connectivity index (χ1) is 8.93. The predicted octanol–water partition coefficient (Wildman–Crippen LogP) is 4.26. The fourth-order valence-corrected chi connectivity index (χ4v) is 1.78. The van der Waals surface area contributed by atoms with Gasteiger partial charge in [0, 0.05) is 14.5 Å². The average Bonchev–Trinajstić information content (AvgIpc) is 2.39. The fourth-order valence-electron chi connectivity index (χ4n) is 1.78. The van der Waals surface area contributed by atoms with Gasteiger partial charge in [0.05, 0.1) is 5.69 Å². The molecule has 2 rings (SSSR count). The Morgan fingerprint density at radius 1 is 1.24 bits per heavy atom. The van der Waals surface area contributed by atoms with Gasteiger partial charge in [0.25, 0.3) is 0 Å². The van der Waals surface area contributed by atoms with Crippen LogP contribution in [0.2, 0.25) is 0 Å². The highest BCUT2D eigenvalue weighted by Gasteiger charge is 2.05. The highest BCUT2D eigenvalue weighted by Crippen LogP contribution is 2.20. The molecule has 1 heteroatoms. The van der Waals surface area contributed by atoms with Gasteiger partial charge < -0.3 is 0 Å². The lowest BCUT2D eigenvalue weighted by molar-refractivity contribution is 0.643. The van der Waals surface area contributed by atoms with Gasteiger partial charge in [0.2, 0.25) is 0 Å². The molecule has 0 aliphatic heterocycles. The molecule has 1 heterocycles. The van der Waals surface area contributed by atoms with Crippen molar-refractivity contribution in [2.75, 3.05) is 0 Å². The van der Waals surface area contributed by atoms with E-state index in [0.29, 0.717) is 5.56 Å². The van der Waals surface area contributed by atoms with Crippen molar-refractivity contribution in [1.82, 2.24) is 4.98 Å². The highest BCUT2D eigenvalue weighted by atomic mass is 14.7. The maximum absolute atomic E-state index is 8.16. The molecule has 2 aromatic rings. The molecule has 0 atom stereocenters. The minimum absolute atomic E-state index is 0.0735. The Balaban J connectivity index is 2.44. The summed E-state index contributed by atoms with van der Waals surface area (Å²) in [4.78, 5) is 4.42. The molecule has 0 radical (unpaired) electrons. The second-order valence-corrected chi connectivity index (χ2v) is 4.55. The number of benzene rings is 1. The average molecular weight is 227 g/mol. The molecule has 0 aliphatic carbocycles. The summed E-state index contributed by atoms with van der Waals surface area (Å²) in [5.74, 6) is -0.0735. The lowest BCUT2D eigenvalue weighted by Crippen LogP contribution is -1.98. The van der Waals surface area contributed by atoms with Crippen molar-refractivity contribution < 1.29 is 2.74 Å². The molecule has 0 unspecified atom stereocenters. The highest BCUT2D eigenvalue weighted by molar-refractivity contribution is 5.59. The van der Waals surface area contributed by atoms with E-state index in [1.807, 2.05) is 57.2 Å². The zero-order valence-corrected chi connectivity index (χ0v) is 10.6. The molecule has 0 aliphatic rings. The fraction of sp³-hybridized carbons (Fsp3) is 0.312. The van der Waals surface area contributed by atoms with E-state index in [1.54, 1.807) is 6.20 Å². The molecule has 88 valence electrons. The van der Waals surface area contributed by atoms with Crippen molar-refractivity contribution in [1.29, 1.82) is 0 Å². The minimum atomic E-state index is -1.34. The number of aryl methyl sites for hydroxylation is 1. The lowest BCUT2D eigenvalue weighted by atomic mass is 9.99. The van der Waals surface area contributed by atoms with Crippen LogP contribution in [-0.4, -0.2) is 4.98 Å². The summed E-state index contributed by atoms with van der Waals surface area (Å²) in [6, 6.07) is 11.9. The van der Waals surface area contributed by atoms with Gasteiger partial charge in [-0.25, -0.2) is 0 Å². The molecular weight excluding hydrogens is 206 g/mol. The first kappa shape index (κ1) is 9.41. The number of nitrogens with zero attached hydrogens (tertiary/aromatic N) is 1.